The molecule has 130 valence electrons. The summed E-state index contributed by atoms with van der Waals surface area (Å²) in [4.78, 5) is 4.07. The molecule has 1 saturated heterocycles. The van der Waals surface area contributed by atoms with Gasteiger partial charge in [0.15, 0.2) is 11.6 Å². The van der Waals surface area contributed by atoms with Crippen LogP contribution in [-0.4, -0.2) is 31.1 Å². The van der Waals surface area contributed by atoms with E-state index in [1.54, 1.807) is 11.0 Å². The second-order valence-electron chi connectivity index (χ2n) is 6.44. The van der Waals surface area contributed by atoms with Gasteiger partial charge >= 0.3 is 0 Å². The standard InChI is InChI=1S/C20H21F2N3/c1-15-5-2-3-6-17(15)14-24-7-4-8-25(10-9-24)20-18(21)11-16(13-23)12-19(20)22/h2-3,5-6,11-12H,4,7-10,14H2,1H3. The zero-order chi connectivity index (χ0) is 17.8. The highest BCUT2D eigenvalue weighted by Gasteiger charge is 2.21. The van der Waals surface area contributed by atoms with E-state index in [0.717, 1.165) is 38.2 Å². The summed E-state index contributed by atoms with van der Waals surface area (Å²) in [5.41, 5.74) is 2.53. The van der Waals surface area contributed by atoms with E-state index in [1.807, 2.05) is 12.1 Å². The van der Waals surface area contributed by atoms with Gasteiger partial charge in [0.25, 0.3) is 0 Å². The average Bonchev–Trinajstić information content (AvgIpc) is 2.82. The molecule has 0 N–H and O–H groups in total. The molecule has 1 aliphatic rings. The van der Waals surface area contributed by atoms with Crippen LogP contribution in [0.1, 0.15) is 23.1 Å². The molecule has 0 aromatic heterocycles. The molecule has 3 rings (SSSR count). The molecule has 0 saturated carbocycles. The number of aryl methyl sites for hydroxylation is 1. The summed E-state index contributed by atoms with van der Waals surface area (Å²) in [6, 6.07) is 12.3. The largest absolute Gasteiger partial charge is 0.365 e. The van der Waals surface area contributed by atoms with Crippen LogP contribution in [0.15, 0.2) is 36.4 Å². The van der Waals surface area contributed by atoms with Gasteiger partial charge in [0.2, 0.25) is 0 Å². The highest BCUT2D eigenvalue weighted by molar-refractivity contribution is 5.52. The number of nitriles is 1. The van der Waals surface area contributed by atoms with Crippen LogP contribution < -0.4 is 4.90 Å². The first-order valence-electron chi connectivity index (χ1n) is 8.49. The van der Waals surface area contributed by atoms with Crippen molar-refractivity contribution in [2.24, 2.45) is 0 Å². The molecule has 0 amide bonds. The number of hydrogen-bond donors (Lipinski definition) is 0. The third-order valence-electron chi connectivity index (χ3n) is 4.71. The molecule has 0 atom stereocenters. The second kappa shape index (κ2) is 7.62. The van der Waals surface area contributed by atoms with Crippen molar-refractivity contribution in [1.82, 2.24) is 4.90 Å². The lowest BCUT2D eigenvalue weighted by Gasteiger charge is -2.25. The smallest absolute Gasteiger partial charge is 0.150 e. The van der Waals surface area contributed by atoms with E-state index >= 15 is 0 Å². The lowest BCUT2D eigenvalue weighted by atomic mass is 10.1. The van der Waals surface area contributed by atoms with Crippen LogP contribution in [0.5, 0.6) is 0 Å². The van der Waals surface area contributed by atoms with E-state index in [0.29, 0.717) is 13.1 Å². The molecule has 25 heavy (non-hydrogen) atoms. The van der Waals surface area contributed by atoms with Gasteiger partial charge in [0.1, 0.15) is 5.69 Å². The maximum Gasteiger partial charge on any atom is 0.150 e. The van der Waals surface area contributed by atoms with E-state index in [9.17, 15) is 8.78 Å². The van der Waals surface area contributed by atoms with Crippen molar-refractivity contribution in [3.63, 3.8) is 0 Å². The van der Waals surface area contributed by atoms with Gasteiger partial charge in [-0.15, -0.1) is 0 Å². The zero-order valence-electron chi connectivity index (χ0n) is 14.3. The molecular formula is C20H21F2N3. The highest BCUT2D eigenvalue weighted by atomic mass is 19.1. The van der Waals surface area contributed by atoms with Crippen molar-refractivity contribution in [2.75, 3.05) is 31.1 Å². The Balaban J connectivity index is 1.72. The predicted octanol–water partition coefficient (Wildman–Crippen LogP) is 3.86. The molecule has 3 nitrogen and oxygen atoms in total. The minimum Gasteiger partial charge on any atom is -0.365 e. The Morgan fingerprint density at radius 3 is 2.44 bits per heavy atom. The van der Waals surface area contributed by atoms with Gasteiger partial charge in [0.05, 0.1) is 11.6 Å². The van der Waals surface area contributed by atoms with Crippen molar-refractivity contribution in [1.29, 1.82) is 5.26 Å². The van der Waals surface area contributed by atoms with E-state index in [2.05, 4.69) is 24.0 Å². The monoisotopic (exact) mass is 341 g/mol. The lowest BCUT2D eigenvalue weighted by Crippen LogP contribution is -2.31. The summed E-state index contributed by atoms with van der Waals surface area (Å²) in [7, 11) is 0. The van der Waals surface area contributed by atoms with Gasteiger partial charge in [-0.2, -0.15) is 5.26 Å². The van der Waals surface area contributed by atoms with E-state index in [1.165, 1.54) is 11.1 Å². The maximum atomic E-state index is 14.3. The molecule has 1 heterocycles. The van der Waals surface area contributed by atoms with Gasteiger partial charge in [0, 0.05) is 32.7 Å². The number of anilines is 1. The molecule has 1 fully saturated rings. The summed E-state index contributed by atoms with van der Waals surface area (Å²) in [6.07, 6.45) is 0.838. The fourth-order valence-corrected chi connectivity index (χ4v) is 3.31. The molecule has 2 aromatic rings. The molecule has 0 aliphatic carbocycles. The summed E-state index contributed by atoms with van der Waals surface area (Å²) < 4.78 is 28.5. The Hall–Kier alpha value is -2.45. The first-order valence-corrected chi connectivity index (χ1v) is 8.49. The quantitative estimate of drug-likeness (QED) is 0.849. The minimum atomic E-state index is -0.663. The predicted molar refractivity (Wildman–Crippen MR) is 94.4 cm³/mol. The van der Waals surface area contributed by atoms with Gasteiger partial charge in [-0.1, -0.05) is 24.3 Å². The van der Waals surface area contributed by atoms with E-state index in [4.69, 9.17) is 5.26 Å². The number of halogens is 2. The molecule has 0 radical (unpaired) electrons. The summed E-state index contributed by atoms with van der Waals surface area (Å²) in [5.74, 6) is -1.33. The molecule has 5 heteroatoms. The Morgan fingerprint density at radius 2 is 1.76 bits per heavy atom. The SMILES string of the molecule is Cc1ccccc1CN1CCCN(c2c(F)cc(C#N)cc2F)CC1. The van der Waals surface area contributed by atoms with Crippen molar-refractivity contribution in [3.05, 3.63) is 64.7 Å². The van der Waals surface area contributed by atoms with Crippen LogP contribution in [0.25, 0.3) is 0 Å². The van der Waals surface area contributed by atoms with Gasteiger partial charge in [-0.3, -0.25) is 4.90 Å². The van der Waals surface area contributed by atoms with Crippen LogP contribution in [0.3, 0.4) is 0 Å². The Bertz CT molecular complexity index is 775. The van der Waals surface area contributed by atoms with Crippen LogP contribution in [0.4, 0.5) is 14.5 Å². The van der Waals surface area contributed by atoms with Gasteiger partial charge in [-0.25, -0.2) is 8.78 Å². The number of rotatable bonds is 3. The highest BCUT2D eigenvalue weighted by Crippen LogP contribution is 2.26. The first kappa shape index (κ1) is 17.4. The van der Waals surface area contributed by atoms with Gasteiger partial charge < -0.3 is 4.90 Å². The number of nitrogens with zero attached hydrogens (tertiary/aromatic N) is 3. The maximum absolute atomic E-state index is 14.3. The normalized spacial score (nSPS) is 15.7. The van der Waals surface area contributed by atoms with Crippen LogP contribution in [-0.2, 0) is 6.54 Å². The number of benzene rings is 2. The molecule has 1 aliphatic heterocycles. The Kier molecular flexibility index (Phi) is 5.30. The zero-order valence-corrected chi connectivity index (χ0v) is 14.3. The summed E-state index contributed by atoms with van der Waals surface area (Å²) >= 11 is 0. The minimum absolute atomic E-state index is 0.00903. The fraction of sp³-hybridized carbons (Fsp3) is 0.350. The summed E-state index contributed by atoms with van der Waals surface area (Å²) in [5, 5.41) is 8.83. The molecular weight excluding hydrogens is 320 g/mol. The van der Waals surface area contributed by atoms with Gasteiger partial charge in [-0.05, 0) is 36.6 Å². The molecule has 2 aromatic carbocycles. The molecule has 0 bridgehead atoms. The van der Waals surface area contributed by atoms with Crippen molar-refractivity contribution in [2.45, 2.75) is 19.9 Å². The van der Waals surface area contributed by atoms with E-state index in [-0.39, 0.29) is 11.3 Å². The third-order valence-corrected chi connectivity index (χ3v) is 4.71. The van der Waals surface area contributed by atoms with Crippen molar-refractivity contribution >= 4 is 5.69 Å². The van der Waals surface area contributed by atoms with Crippen LogP contribution in [0.2, 0.25) is 0 Å². The Labute approximate surface area is 147 Å². The van der Waals surface area contributed by atoms with Crippen LogP contribution >= 0.6 is 0 Å². The van der Waals surface area contributed by atoms with Crippen molar-refractivity contribution < 1.29 is 8.78 Å². The first-order chi connectivity index (χ1) is 12.1. The van der Waals surface area contributed by atoms with E-state index < -0.39 is 11.6 Å². The lowest BCUT2D eigenvalue weighted by molar-refractivity contribution is 0.285. The molecule has 0 spiro atoms. The Morgan fingerprint density at radius 1 is 1.04 bits per heavy atom. The molecule has 0 unspecified atom stereocenters. The van der Waals surface area contributed by atoms with Crippen LogP contribution in [0, 0.1) is 29.9 Å². The number of hydrogen-bond acceptors (Lipinski definition) is 3. The topological polar surface area (TPSA) is 30.3 Å². The summed E-state index contributed by atoms with van der Waals surface area (Å²) in [6.45, 7) is 5.74. The average molecular weight is 341 g/mol. The third kappa shape index (κ3) is 3.97. The second-order valence-corrected chi connectivity index (χ2v) is 6.44. The fourth-order valence-electron chi connectivity index (χ4n) is 3.31. The van der Waals surface area contributed by atoms with Crippen molar-refractivity contribution in [3.8, 4) is 6.07 Å².